The van der Waals surface area contributed by atoms with Gasteiger partial charge in [0.05, 0.1) is 4.90 Å². The summed E-state index contributed by atoms with van der Waals surface area (Å²) in [6.07, 6.45) is 1.48. The summed E-state index contributed by atoms with van der Waals surface area (Å²) in [5.74, 6) is 0. The van der Waals surface area contributed by atoms with E-state index in [1.54, 1.807) is 23.6 Å². The molecule has 2 aromatic rings. The van der Waals surface area contributed by atoms with Gasteiger partial charge in [0.2, 0.25) is 0 Å². The standard InChI is InChI=1S/C14H8N6O2S2/c15-7-10(8-16)13(9-17)19-11-1-3-12(4-2-11)24(21,22)20-14-18-5-6-23-14/h1-6,19H,(H,18,20). The molecule has 8 nitrogen and oxygen atoms in total. The molecular weight excluding hydrogens is 348 g/mol. The molecule has 1 aromatic heterocycles. The van der Waals surface area contributed by atoms with E-state index in [4.69, 9.17) is 15.8 Å². The Morgan fingerprint density at radius 1 is 1.08 bits per heavy atom. The van der Waals surface area contributed by atoms with Crippen LogP contribution >= 0.6 is 11.3 Å². The third-order valence-corrected chi connectivity index (χ3v) is 4.85. The van der Waals surface area contributed by atoms with Crippen molar-refractivity contribution in [2.75, 3.05) is 10.0 Å². The highest BCUT2D eigenvalue weighted by Gasteiger charge is 2.15. The highest BCUT2D eigenvalue weighted by Crippen LogP contribution is 2.20. The Labute approximate surface area is 142 Å². The van der Waals surface area contributed by atoms with Gasteiger partial charge in [-0.3, -0.25) is 4.72 Å². The van der Waals surface area contributed by atoms with Crippen LogP contribution in [0.4, 0.5) is 10.8 Å². The van der Waals surface area contributed by atoms with Gasteiger partial charge in [-0.2, -0.15) is 15.8 Å². The lowest BCUT2D eigenvalue weighted by molar-refractivity contribution is 0.601. The average Bonchev–Trinajstić information content (AvgIpc) is 3.07. The van der Waals surface area contributed by atoms with Crippen LogP contribution in [0.15, 0.2) is 52.0 Å². The molecule has 0 saturated heterocycles. The maximum Gasteiger partial charge on any atom is 0.263 e. The van der Waals surface area contributed by atoms with E-state index in [1.165, 1.54) is 30.5 Å². The van der Waals surface area contributed by atoms with Gasteiger partial charge in [0.25, 0.3) is 10.0 Å². The number of nitriles is 3. The summed E-state index contributed by atoms with van der Waals surface area (Å²) in [5, 5.41) is 31.0. The summed E-state index contributed by atoms with van der Waals surface area (Å²) in [6.45, 7) is 0. The van der Waals surface area contributed by atoms with Crippen molar-refractivity contribution >= 4 is 32.2 Å². The fourth-order valence-electron chi connectivity index (χ4n) is 1.59. The van der Waals surface area contributed by atoms with Crippen LogP contribution in [0.5, 0.6) is 0 Å². The summed E-state index contributed by atoms with van der Waals surface area (Å²) >= 11 is 1.15. The van der Waals surface area contributed by atoms with Crippen LogP contribution in [0.25, 0.3) is 0 Å². The molecule has 0 amide bonds. The van der Waals surface area contributed by atoms with Gasteiger partial charge in [-0.1, -0.05) is 0 Å². The number of rotatable bonds is 5. The molecule has 0 aliphatic rings. The molecule has 1 heterocycles. The number of thiazole rings is 1. The van der Waals surface area contributed by atoms with E-state index in [0.29, 0.717) is 5.69 Å². The van der Waals surface area contributed by atoms with Crippen LogP contribution < -0.4 is 10.0 Å². The minimum Gasteiger partial charge on any atom is -0.345 e. The maximum absolute atomic E-state index is 12.2. The average molecular weight is 356 g/mol. The molecule has 0 bridgehead atoms. The van der Waals surface area contributed by atoms with Gasteiger partial charge >= 0.3 is 0 Å². The van der Waals surface area contributed by atoms with Crippen molar-refractivity contribution in [1.29, 1.82) is 15.8 Å². The Morgan fingerprint density at radius 3 is 2.25 bits per heavy atom. The van der Waals surface area contributed by atoms with Gasteiger partial charge < -0.3 is 5.32 Å². The molecule has 0 aliphatic carbocycles. The SMILES string of the molecule is N#CC(C#N)=C(C#N)Nc1ccc(S(=O)(=O)Nc2nccs2)cc1. The van der Waals surface area contributed by atoms with Gasteiger partial charge in [0.1, 0.15) is 23.9 Å². The molecule has 0 atom stereocenters. The van der Waals surface area contributed by atoms with Gasteiger partial charge in [-0.15, -0.1) is 11.3 Å². The minimum absolute atomic E-state index is 0.00604. The third kappa shape index (κ3) is 3.87. The first kappa shape index (κ1) is 17.0. The van der Waals surface area contributed by atoms with Gasteiger partial charge in [0.15, 0.2) is 10.7 Å². The largest absolute Gasteiger partial charge is 0.345 e. The molecule has 0 saturated carbocycles. The third-order valence-electron chi connectivity index (χ3n) is 2.67. The molecular formula is C14H8N6O2S2. The van der Waals surface area contributed by atoms with Crippen molar-refractivity contribution < 1.29 is 8.42 Å². The van der Waals surface area contributed by atoms with Gasteiger partial charge in [-0.25, -0.2) is 13.4 Å². The molecule has 0 fully saturated rings. The van der Waals surface area contributed by atoms with Crippen LogP contribution in [0.1, 0.15) is 0 Å². The number of allylic oxidation sites excluding steroid dienone is 2. The topological polar surface area (TPSA) is 142 Å². The van der Waals surface area contributed by atoms with Crippen LogP contribution in [0, 0.1) is 34.0 Å². The lowest BCUT2D eigenvalue weighted by Crippen LogP contribution is -2.12. The van der Waals surface area contributed by atoms with E-state index in [1.807, 2.05) is 0 Å². The van der Waals surface area contributed by atoms with E-state index in [2.05, 4.69) is 15.0 Å². The number of nitrogens with one attached hydrogen (secondary N) is 2. The molecule has 2 N–H and O–H groups in total. The van der Waals surface area contributed by atoms with E-state index in [-0.39, 0.29) is 21.3 Å². The van der Waals surface area contributed by atoms with Crippen molar-refractivity contribution in [3.05, 3.63) is 47.1 Å². The zero-order chi connectivity index (χ0) is 17.6. The normalized spacial score (nSPS) is 9.88. The second kappa shape index (κ2) is 7.25. The van der Waals surface area contributed by atoms with Crippen LogP contribution in [0.2, 0.25) is 0 Å². The Balaban J connectivity index is 2.23. The van der Waals surface area contributed by atoms with E-state index < -0.39 is 10.0 Å². The first-order valence-corrected chi connectivity index (χ1v) is 8.60. The predicted octanol–water partition coefficient (Wildman–Crippen LogP) is 2.18. The van der Waals surface area contributed by atoms with Crippen LogP contribution in [-0.2, 0) is 10.0 Å². The molecule has 0 unspecified atom stereocenters. The highest BCUT2D eigenvalue weighted by atomic mass is 32.2. The van der Waals surface area contributed by atoms with Crippen molar-refractivity contribution in [3.8, 4) is 18.2 Å². The fraction of sp³-hybridized carbons (Fsp3) is 0. The summed E-state index contributed by atoms with van der Waals surface area (Å²) < 4.78 is 26.7. The first-order valence-electron chi connectivity index (χ1n) is 6.24. The predicted molar refractivity (Wildman–Crippen MR) is 86.9 cm³/mol. The van der Waals surface area contributed by atoms with Crippen LogP contribution in [-0.4, -0.2) is 13.4 Å². The second-order valence-electron chi connectivity index (χ2n) is 4.18. The summed E-state index contributed by atoms with van der Waals surface area (Å²) in [4.78, 5) is 3.85. The van der Waals surface area contributed by atoms with E-state index >= 15 is 0 Å². The Kier molecular flexibility index (Phi) is 5.13. The van der Waals surface area contributed by atoms with Crippen molar-refractivity contribution in [2.24, 2.45) is 0 Å². The summed E-state index contributed by atoms with van der Waals surface area (Å²) in [5.41, 5.74) is -0.209. The Morgan fingerprint density at radius 2 is 1.75 bits per heavy atom. The minimum atomic E-state index is -3.77. The lowest BCUT2D eigenvalue weighted by atomic mass is 10.2. The zero-order valence-electron chi connectivity index (χ0n) is 11.9. The molecule has 10 heteroatoms. The van der Waals surface area contributed by atoms with Crippen molar-refractivity contribution in [1.82, 2.24) is 4.98 Å². The lowest BCUT2D eigenvalue weighted by Gasteiger charge is -2.07. The van der Waals surface area contributed by atoms with E-state index in [0.717, 1.165) is 11.3 Å². The number of anilines is 2. The molecule has 0 spiro atoms. The van der Waals surface area contributed by atoms with E-state index in [9.17, 15) is 8.42 Å². The molecule has 0 aliphatic heterocycles. The zero-order valence-corrected chi connectivity index (χ0v) is 13.5. The maximum atomic E-state index is 12.2. The van der Waals surface area contributed by atoms with Gasteiger partial charge in [-0.05, 0) is 24.3 Å². The van der Waals surface area contributed by atoms with Crippen molar-refractivity contribution in [2.45, 2.75) is 4.90 Å². The molecule has 24 heavy (non-hydrogen) atoms. The summed E-state index contributed by atoms with van der Waals surface area (Å²) in [6, 6.07) is 10.4. The summed E-state index contributed by atoms with van der Waals surface area (Å²) in [7, 11) is -3.77. The van der Waals surface area contributed by atoms with Crippen molar-refractivity contribution in [3.63, 3.8) is 0 Å². The quantitative estimate of drug-likeness (QED) is 0.781. The number of hydrogen-bond acceptors (Lipinski definition) is 8. The molecule has 2 rings (SSSR count). The Bertz CT molecular complexity index is 972. The molecule has 118 valence electrons. The highest BCUT2D eigenvalue weighted by molar-refractivity contribution is 7.93. The number of aromatic nitrogens is 1. The number of hydrogen-bond donors (Lipinski definition) is 2. The number of sulfonamides is 1. The second-order valence-corrected chi connectivity index (χ2v) is 6.75. The molecule has 1 aromatic carbocycles. The monoisotopic (exact) mass is 356 g/mol. The molecule has 0 radical (unpaired) electrons. The Hall–Kier alpha value is -3.39. The van der Waals surface area contributed by atoms with Gasteiger partial charge in [0, 0.05) is 17.3 Å². The number of benzene rings is 1. The number of nitrogens with zero attached hydrogens (tertiary/aromatic N) is 4. The smallest absolute Gasteiger partial charge is 0.263 e. The first-order chi connectivity index (χ1) is 11.5. The van der Waals surface area contributed by atoms with Crippen LogP contribution in [0.3, 0.4) is 0 Å². The fourth-order valence-corrected chi connectivity index (χ4v) is 3.38.